The number of pyridine rings is 1. The van der Waals surface area contributed by atoms with Gasteiger partial charge in [0, 0.05) is 48.3 Å². The molecule has 1 aliphatic heterocycles. The van der Waals surface area contributed by atoms with Gasteiger partial charge in [-0.2, -0.15) is 23.5 Å². The largest absolute Gasteiger partial charge is 0.417 e. The van der Waals surface area contributed by atoms with Crippen LogP contribution in [0.15, 0.2) is 38.2 Å². The van der Waals surface area contributed by atoms with E-state index in [9.17, 15) is 23.2 Å². The van der Waals surface area contributed by atoms with Crippen molar-refractivity contribution in [1.29, 1.82) is 5.26 Å². The molecule has 3 heterocycles. The van der Waals surface area contributed by atoms with Crippen LogP contribution in [0.25, 0.3) is 17.3 Å². The van der Waals surface area contributed by atoms with Crippen LogP contribution in [0.5, 0.6) is 0 Å². The van der Waals surface area contributed by atoms with Crippen molar-refractivity contribution in [3.8, 4) is 6.07 Å². The van der Waals surface area contributed by atoms with Gasteiger partial charge in [-0.3, -0.25) is 14.5 Å². The van der Waals surface area contributed by atoms with Gasteiger partial charge in [0.2, 0.25) is 0 Å². The summed E-state index contributed by atoms with van der Waals surface area (Å²) in [5, 5.41) is 19.8. The highest BCUT2D eigenvalue weighted by Gasteiger charge is 2.36. The highest BCUT2D eigenvalue weighted by Crippen LogP contribution is 2.36. The fourth-order valence-corrected chi connectivity index (χ4v) is 4.52. The molecular formula is C29H36F3N7O. The number of hydrogen-bond donors (Lipinski definition) is 2. The molecule has 2 aromatic heterocycles. The molecule has 0 bridgehead atoms. The number of carbonyl (C=O) groups excluding carboxylic acids is 1. The number of likely N-dealkylation sites (tertiary alicyclic amines) is 1. The number of rotatable bonds is 10. The molecule has 8 nitrogen and oxygen atoms in total. The van der Waals surface area contributed by atoms with Crippen LogP contribution in [0, 0.1) is 17.2 Å². The highest BCUT2D eigenvalue weighted by molar-refractivity contribution is 5.93. The van der Waals surface area contributed by atoms with E-state index in [1.807, 2.05) is 32.7 Å². The summed E-state index contributed by atoms with van der Waals surface area (Å²) in [7, 11) is 1.90. The minimum atomic E-state index is -4.69. The van der Waals surface area contributed by atoms with Gasteiger partial charge in [0.1, 0.15) is 0 Å². The zero-order valence-electron chi connectivity index (χ0n) is 23.4. The standard InChI is InChI=1S/C29H36F3N7O/c1-8-23-24(19(3)36-25-17-38(7)15-20(25)13-33)12-22(37-26(23)18(2)29(30,31)32)10-9-11-34-27(40)21-14-35-39(16-21)28(4,5)6/h8,12,14,16,20,25,36H,1-3,9-11,15,17H2,4-7H3,(H,34,40). The maximum atomic E-state index is 13.7. The first kappa shape index (κ1) is 30.6. The highest BCUT2D eigenvalue weighted by atomic mass is 19.4. The number of nitrogens with zero attached hydrogens (tertiary/aromatic N) is 5. The third-order valence-corrected chi connectivity index (χ3v) is 6.72. The Balaban J connectivity index is 1.80. The van der Waals surface area contributed by atoms with Crippen molar-refractivity contribution < 1.29 is 18.0 Å². The Morgan fingerprint density at radius 3 is 2.55 bits per heavy atom. The Morgan fingerprint density at radius 1 is 1.27 bits per heavy atom. The maximum absolute atomic E-state index is 13.7. The molecule has 2 unspecified atom stereocenters. The first-order valence-corrected chi connectivity index (χ1v) is 13.0. The molecule has 1 saturated heterocycles. The number of carbonyl (C=O) groups is 1. The summed E-state index contributed by atoms with van der Waals surface area (Å²) in [5.41, 5.74) is 0.0797. The van der Waals surface area contributed by atoms with Gasteiger partial charge in [-0.05, 0) is 46.7 Å². The molecule has 2 atom stereocenters. The van der Waals surface area contributed by atoms with Gasteiger partial charge in [0.15, 0.2) is 0 Å². The van der Waals surface area contributed by atoms with Crippen LogP contribution in [-0.4, -0.2) is 64.5 Å². The fraction of sp³-hybridized carbons (Fsp3) is 0.448. The van der Waals surface area contributed by atoms with E-state index < -0.39 is 11.7 Å². The number of amides is 1. The van der Waals surface area contributed by atoms with E-state index in [4.69, 9.17) is 0 Å². The second-order valence-corrected chi connectivity index (χ2v) is 11.0. The molecule has 11 heteroatoms. The fourth-order valence-electron chi connectivity index (χ4n) is 4.52. The molecule has 0 spiro atoms. The van der Waals surface area contributed by atoms with Gasteiger partial charge in [-0.15, -0.1) is 0 Å². The number of nitrogens with one attached hydrogen (secondary N) is 2. The van der Waals surface area contributed by atoms with Crippen LogP contribution >= 0.6 is 0 Å². The van der Waals surface area contributed by atoms with Crippen LogP contribution < -0.4 is 10.6 Å². The van der Waals surface area contributed by atoms with E-state index >= 15 is 0 Å². The van der Waals surface area contributed by atoms with Gasteiger partial charge < -0.3 is 15.5 Å². The van der Waals surface area contributed by atoms with E-state index in [0.29, 0.717) is 48.4 Å². The Kier molecular flexibility index (Phi) is 9.25. The zero-order valence-corrected chi connectivity index (χ0v) is 23.4. The van der Waals surface area contributed by atoms with Crippen molar-refractivity contribution in [1.82, 2.24) is 30.3 Å². The second-order valence-electron chi connectivity index (χ2n) is 11.0. The number of likely N-dealkylation sites (N-methyl/N-ethyl adjacent to an activating group) is 1. The van der Waals surface area contributed by atoms with Crippen molar-refractivity contribution in [3.05, 3.63) is 66.3 Å². The lowest BCUT2D eigenvalue weighted by Crippen LogP contribution is -2.34. The minimum absolute atomic E-state index is 0.160. The number of aromatic nitrogens is 3. The smallest absolute Gasteiger partial charge is 0.380 e. The molecule has 2 aromatic rings. The monoisotopic (exact) mass is 555 g/mol. The van der Waals surface area contributed by atoms with Crippen molar-refractivity contribution in [3.63, 3.8) is 0 Å². The average Bonchev–Trinajstić information content (AvgIpc) is 3.51. The van der Waals surface area contributed by atoms with Crippen molar-refractivity contribution >= 4 is 23.3 Å². The molecule has 2 N–H and O–H groups in total. The second kappa shape index (κ2) is 12.1. The van der Waals surface area contributed by atoms with Gasteiger partial charge in [-0.25, -0.2) is 0 Å². The number of alkyl halides is 3. The molecule has 0 radical (unpaired) electrons. The summed E-state index contributed by atoms with van der Waals surface area (Å²) < 4.78 is 42.8. The normalized spacial score (nSPS) is 17.8. The topological polar surface area (TPSA) is 98.9 Å². The van der Waals surface area contributed by atoms with Crippen LogP contribution in [-0.2, 0) is 12.0 Å². The number of halogens is 3. The Labute approximate surface area is 233 Å². The minimum Gasteiger partial charge on any atom is -0.380 e. The van der Waals surface area contributed by atoms with Crippen molar-refractivity contribution in [2.45, 2.75) is 51.4 Å². The molecule has 1 amide bonds. The first-order chi connectivity index (χ1) is 18.6. The Bertz CT molecular complexity index is 1330. The van der Waals surface area contributed by atoms with E-state index in [-0.39, 0.29) is 41.2 Å². The number of nitriles is 1. The summed E-state index contributed by atoms with van der Waals surface area (Å²) in [4.78, 5) is 18.8. The van der Waals surface area contributed by atoms with Crippen LogP contribution in [0.3, 0.4) is 0 Å². The molecular weight excluding hydrogens is 519 g/mol. The zero-order chi connectivity index (χ0) is 29.8. The summed E-state index contributed by atoms with van der Waals surface area (Å²) in [5.74, 6) is -0.581. The molecule has 0 aromatic carbocycles. The predicted molar refractivity (Wildman–Crippen MR) is 150 cm³/mol. The lowest BCUT2D eigenvalue weighted by Gasteiger charge is -2.22. The lowest BCUT2D eigenvalue weighted by molar-refractivity contribution is -0.0689. The quantitative estimate of drug-likeness (QED) is 0.415. The van der Waals surface area contributed by atoms with Gasteiger partial charge in [0.05, 0.1) is 46.6 Å². The maximum Gasteiger partial charge on any atom is 0.417 e. The molecule has 0 saturated carbocycles. The first-order valence-electron chi connectivity index (χ1n) is 13.0. The Hall–Kier alpha value is -3.91. The molecule has 0 aliphatic carbocycles. The lowest BCUT2D eigenvalue weighted by atomic mass is 9.96. The van der Waals surface area contributed by atoms with Crippen molar-refractivity contribution in [2.24, 2.45) is 5.92 Å². The van der Waals surface area contributed by atoms with Crippen LogP contribution in [0.2, 0.25) is 0 Å². The average molecular weight is 556 g/mol. The summed E-state index contributed by atoms with van der Waals surface area (Å²) >= 11 is 0. The van der Waals surface area contributed by atoms with Crippen LogP contribution in [0.4, 0.5) is 13.2 Å². The molecule has 1 fully saturated rings. The van der Waals surface area contributed by atoms with Crippen LogP contribution in [0.1, 0.15) is 60.1 Å². The van der Waals surface area contributed by atoms with Gasteiger partial charge in [0.25, 0.3) is 5.91 Å². The summed E-state index contributed by atoms with van der Waals surface area (Å²) in [6.45, 7) is 18.4. The molecule has 40 heavy (non-hydrogen) atoms. The van der Waals surface area contributed by atoms with Crippen molar-refractivity contribution in [2.75, 3.05) is 26.7 Å². The van der Waals surface area contributed by atoms with Gasteiger partial charge in [-0.1, -0.05) is 25.8 Å². The van der Waals surface area contributed by atoms with E-state index in [0.717, 1.165) is 0 Å². The summed E-state index contributed by atoms with van der Waals surface area (Å²) in [6.07, 6.45) is 0.511. The molecule has 214 valence electrons. The third kappa shape index (κ3) is 7.18. The number of allylic oxidation sites excluding steroid dienone is 1. The molecule has 3 rings (SSSR count). The van der Waals surface area contributed by atoms with E-state index in [2.05, 4.69) is 46.5 Å². The number of aryl methyl sites for hydroxylation is 1. The SMILES string of the molecule is C=Cc1c(C(=C)NC2CN(C)CC2C#N)cc(CCCNC(=O)c2cnn(C(C)(C)C)c2)nc1C(=C)C(F)(F)F. The third-order valence-electron chi connectivity index (χ3n) is 6.72. The number of hydrogen-bond acceptors (Lipinski definition) is 6. The predicted octanol–water partition coefficient (Wildman–Crippen LogP) is 4.63. The van der Waals surface area contributed by atoms with E-state index in [1.54, 1.807) is 16.9 Å². The summed E-state index contributed by atoms with van der Waals surface area (Å²) in [6, 6.07) is 3.72. The van der Waals surface area contributed by atoms with Gasteiger partial charge >= 0.3 is 6.18 Å². The Morgan fingerprint density at radius 2 is 1.98 bits per heavy atom. The van der Waals surface area contributed by atoms with E-state index in [1.165, 1.54) is 12.3 Å². The molecule has 1 aliphatic rings.